The number of ketones is 1. The summed E-state index contributed by atoms with van der Waals surface area (Å²) in [6.45, 7) is 0.845. The number of rotatable bonds is 1. The minimum absolute atomic E-state index is 0.0407. The van der Waals surface area contributed by atoms with Crippen molar-refractivity contribution in [3.05, 3.63) is 29.3 Å². The van der Waals surface area contributed by atoms with Gasteiger partial charge in [-0.3, -0.25) is 4.79 Å². The van der Waals surface area contributed by atoms with Crippen molar-refractivity contribution in [1.82, 2.24) is 5.32 Å². The lowest BCUT2D eigenvalue weighted by atomic mass is 9.49. The molecular formula is C17H21NO3. The van der Waals surface area contributed by atoms with Crippen LogP contribution in [0.5, 0.6) is 5.75 Å². The van der Waals surface area contributed by atoms with E-state index in [9.17, 15) is 9.90 Å². The van der Waals surface area contributed by atoms with Crippen LogP contribution < -0.4 is 10.1 Å². The number of carbonyl (C=O) groups is 1. The number of nitrogens with one attached hydrogen (secondary N) is 1. The number of hydrogen-bond donors (Lipinski definition) is 2. The molecule has 1 aromatic rings. The van der Waals surface area contributed by atoms with Gasteiger partial charge in [0, 0.05) is 29.9 Å². The van der Waals surface area contributed by atoms with Crippen molar-refractivity contribution in [3.8, 4) is 5.75 Å². The monoisotopic (exact) mass is 287 g/mol. The highest BCUT2D eigenvalue weighted by Crippen LogP contribution is 2.57. The molecule has 2 fully saturated rings. The summed E-state index contributed by atoms with van der Waals surface area (Å²) in [7, 11) is 1.67. The van der Waals surface area contributed by atoms with E-state index in [-0.39, 0.29) is 11.8 Å². The van der Waals surface area contributed by atoms with E-state index >= 15 is 0 Å². The zero-order valence-corrected chi connectivity index (χ0v) is 12.3. The van der Waals surface area contributed by atoms with Crippen LogP contribution in [-0.2, 0) is 16.6 Å². The van der Waals surface area contributed by atoms with E-state index < -0.39 is 11.0 Å². The van der Waals surface area contributed by atoms with Gasteiger partial charge in [0.2, 0.25) is 0 Å². The number of fused-ring (bicyclic) bond motifs is 1. The number of ether oxygens (including phenoxy) is 1. The normalized spacial score (nSPS) is 37.6. The Kier molecular flexibility index (Phi) is 2.72. The third-order valence-corrected chi connectivity index (χ3v) is 5.87. The Labute approximate surface area is 124 Å². The lowest BCUT2D eigenvalue weighted by Gasteiger charge is -2.60. The van der Waals surface area contributed by atoms with Crippen LogP contribution in [0.1, 0.15) is 36.8 Å². The smallest absolute Gasteiger partial charge is 0.134 e. The molecule has 2 aliphatic carbocycles. The Bertz CT molecular complexity index is 614. The lowest BCUT2D eigenvalue weighted by Crippen LogP contribution is -2.72. The van der Waals surface area contributed by atoms with Crippen LogP contribution in [0.4, 0.5) is 0 Å². The van der Waals surface area contributed by atoms with Gasteiger partial charge in [-0.25, -0.2) is 0 Å². The maximum atomic E-state index is 12.2. The Morgan fingerprint density at radius 1 is 1.38 bits per heavy atom. The third-order valence-electron chi connectivity index (χ3n) is 5.87. The molecule has 0 radical (unpaired) electrons. The standard InChI is InChI=1S/C17H21NO3/c1-21-13-4-2-3-11-9-14-17(20)6-5-12(19)10-16(17,15(11)13)7-8-18-14/h2-4,14,18,20H,5-10H2,1H3/t14-,16-,17-/m1/s1. The zero-order valence-electron chi connectivity index (χ0n) is 12.3. The van der Waals surface area contributed by atoms with E-state index in [2.05, 4.69) is 11.4 Å². The van der Waals surface area contributed by atoms with E-state index in [0.29, 0.717) is 19.3 Å². The average Bonchev–Trinajstić information content (AvgIpc) is 2.47. The number of carbonyl (C=O) groups excluding carboxylic acids is 1. The molecule has 2 bridgehead atoms. The number of hydrogen-bond acceptors (Lipinski definition) is 4. The van der Waals surface area contributed by atoms with E-state index in [1.165, 1.54) is 5.56 Å². The molecule has 0 unspecified atom stereocenters. The van der Waals surface area contributed by atoms with Gasteiger partial charge in [-0.15, -0.1) is 0 Å². The van der Waals surface area contributed by atoms with Crippen molar-refractivity contribution in [2.75, 3.05) is 13.7 Å². The van der Waals surface area contributed by atoms with Crippen LogP contribution in [0.2, 0.25) is 0 Å². The molecule has 0 aromatic heterocycles. The summed E-state index contributed by atoms with van der Waals surface area (Å²) in [5.74, 6) is 1.08. The van der Waals surface area contributed by atoms with Crippen LogP contribution >= 0.6 is 0 Å². The van der Waals surface area contributed by atoms with Gasteiger partial charge in [0.1, 0.15) is 11.5 Å². The number of methoxy groups -OCH3 is 1. The SMILES string of the molecule is COc1cccc2c1[C@]13CCN[C@H](C2)[C@]1(O)CCC(=O)C3. The molecule has 21 heavy (non-hydrogen) atoms. The fourth-order valence-corrected chi connectivity index (χ4v) is 4.94. The van der Waals surface area contributed by atoms with Crippen LogP contribution in [0.3, 0.4) is 0 Å². The molecule has 112 valence electrons. The number of aliphatic hydroxyl groups is 1. The van der Waals surface area contributed by atoms with Gasteiger partial charge >= 0.3 is 0 Å². The largest absolute Gasteiger partial charge is 0.496 e. The van der Waals surface area contributed by atoms with E-state index in [1.54, 1.807) is 7.11 Å². The first-order chi connectivity index (χ1) is 10.1. The molecule has 4 nitrogen and oxygen atoms in total. The molecule has 3 aliphatic rings. The second-order valence-electron chi connectivity index (χ2n) is 6.68. The average molecular weight is 287 g/mol. The maximum Gasteiger partial charge on any atom is 0.134 e. The first-order valence-electron chi connectivity index (χ1n) is 7.74. The zero-order chi connectivity index (χ0) is 14.7. The molecule has 1 saturated carbocycles. The molecule has 4 rings (SSSR count). The first-order valence-corrected chi connectivity index (χ1v) is 7.74. The molecular weight excluding hydrogens is 266 g/mol. The number of Topliss-reactive ketones (excluding diaryl/α,β-unsaturated/α-hetero) is 1. The predicted molar refractivity (Wildman–Crippen MR) is 78.6 cm³/mol. The second kappa shape index (κ2) is 4.31. The molecule has 3 atom stereocenters. The summed E-state index contributed by atoms with van der Waals surface area (Å²) >= 11 is 0. The number of benzene rings is 1. The van der Waals surface area contributed by atoms with Crippen molar-refractivity contribution in [2.45, 2.75) is 49.2 Å². The van der Waals surface area contributed by atoms with Crippen molar-refractivity contribution in [1.29, 1.82) is 0 Å². The Balaban J connectivity index is 2.00. The number of piperidine rings is 1. The Morgan fingerprint density at radius 2 is 2.24 bits per heavy atom. The van der Waals surface area contributed by atoms with Crippen LogP contribution in [0.25, 0.3) is 0 Å². The maximum absolute atomic E-state index is 12.2. The van der Waals surface area contributed by atoms with Gasteiger partial charge in [-0.2, -0.15) is 0 Å². The van der Waals surface area contributed by atoms with Gasteiger partial charge in [-0.05, 0) is 37.4 Å². The Hall–Kier alpha value is -1.39. The molecule has 1 aromatic carbocycles. The minimum atomic E-state index is -0.833. The summed E-state index contributed by atoms with van der Waals surface area (Å²) in [6, 6.07) is 6.10. The molecule has 1 saturated heterocycles. The van der Waals surface area contributed by atoms with Crippen molar-refractivity contribution < 1.29 is 14.6 Å². The van der Waals surface area contributed by atoms with Gasteiger partial charge in [0.25, 0.3) is 0 Å². The van der Waals surface area contributed by atoms with Crippen molar-refractivity contribution in [2.24, 2.45) is 0 Å². The highest BCUT2D eigenvalue weighted by atomic mass is 16.5. The second-order valence-corrected chi connectivity index (χ2v) is 6.68. The molecule has 2 N–H and O–H groups in total. The molecule has 0 spiro atoms. The highest BCUT2D eigenvalue weighted by molar-refractivity contribution is 5.82. The van der Waals surface area contributed by atoms with Crippen LogP contribution in [-0.4, -0.2) is 36.2 Å². The van der Waals surface area contributed by atoms with E-state index in [1.807, 2.05) is 12.1 Å². The topological polar surface area (TPSA) is 58.6 Å². The molecule has 1 heterocycles. The van der Waals surface area contributed by atoms with Gasteiger partial charge < -0.3 is 15.2 Å². The van der Waals surface area contributed by atoms with E-state index in [0.717, 1.165) is 30.7 Å². The summed E-state index contributed by atoms with van der Waals surface area (Å²) in [4.78, 5) is 12.2. The van der Waals surface area contributed by atoms with Crippen LogP contribution in [0.15, 0.2) is 18.2 Å². The summed E-state index contributed by atoms with van der Waals surface area (Å²) in [5, 5.41) is 15.0. The van der Waals surface area contributed by atoms with Crippen molar-refractivity contribution in [3.63, 3.8) is 0 Å². The predicted octanol–water partition coefficient (Wildman–Crippen LogP) is 1.34. The summed E-state index contributed by atoms with van der Waals surface area (Å²) < 4.78 is 5.59. The summed E-state index contributed by atoms with van der Waals surface area (Å²) in [6.07, 6.45) is 3.08. The van der Waals surface area contributed by atoms with Crippen molar-refractivity contribution >= 4 is 5.78 Å². The lowest BCUT2D eigenvalue weighted by molar-refractivity contribution is -0.149. The van der Waals surface area contributed by atoms with Gasteiger partial charge in [0.05, 0.1) is 12.7 Å². The first kappa shape index (κ1) is 13.3. The van der Waals surface area contributed by atoms with Gasteiger partial charge in [-0.1, -0.05) is 12.1 Å². The third kappa shape index (κ3) is 1.55. The highest BCUT2D eigenvalue weighted by Gasteiger charge is 2.63. The Morgan fingerprint density at radius 3 is 3.05 bits per heavy atom. The molecule has 4 heteroatoms. The quantitative estimate of drug-likeness (QED) is 0.818. The van der Waals surface area contributed by atoms with E-state index in [4.69, 9.17) is 4.74 Å². The molecule has 1 aliphatic heterocycles. The fraction of sp³-hybridized carbons (Fsp3) is 0.588. The summed E-state index contributed by atoms with van der Waals surface area (Å²) in [5.41, 5.74) is 0.992. The fourth-order valence-electron chi connectivity index (χ4n) is 4.94. The minimum Gasteiger partial charge on any atom is -0.496 e. The van der Waals surface area contributed by atoms with Gasteiger partial charge in [0.15, 0.2) is 0 Å². The van der Waals surface area contributed by atoms with Crippen LogP contribution in [0, 0.1) is 0 Å². The molecule has 0 amide bonds.